The lowest BCUT2D eigenvalue weighted by molar-refractivity contribution is -0.120. The lowest BCUT2D eigenvalue weighted by atomic mass is 10.0. The SMILES string of the molecule is CC[C@@H]1C(=O)N(C)c2cnc(Nc3cc4c(cc3OC)N(C(=O)CCl)CC4)nc2N1C1CCCC1. The normalized spacial score (nSPS) is 19.7. The predicted octanol–water partition coefficient (Wildman–Crippen LogP) is 3.86. The molecule has 3 heterocycles. The largest absolute Gasteiger partial charge is 0.494 e. The van der Waals surface area contributed by atoms with Crippen molar-refractivity contribution >= 4 is 52.2 Å². The van der Waals surface area contributed by atoms with Crippen LogP contribution < -0.4 is 24.8 Å². The molecule has 1 fully saturated rings. The van der Waals surface area contributed by atoms with Gasteiger partial charge in [0.2, 0.25) is 17.8 Å². The first-order valence-electron chi connectivity index (χ1n) is 12.2. The van der Waals surface area contributed by atoms with Crippen LogP contribution in [0, 0.1) is 0 Å². The second-order valence-corrected chi connectivity index (χ2v) is 9.57. The molecule has 186 valence electrons. The maximum Gasteiger partial charge on any atom is 0.249 e. The minimum absolute atomic E-state index is 0.0576. The quantitative estimate of drug-likeness (QED) is 0.604. The van der Waals surface area contributed by atoms with Gasteiger partial charge in [-0.3, -0.25) is 9.59 Å². The average molecular weight is 499 g/mol. The van der Waals surface area contributed by atoms with Crippen molar-refractivity contribution in [1.82, 2.24) is 9.97 Å². The van der Waals surface area contributed by atoms with Crippen molar-refractivity contribution < 1.29 is 14.3 Å². The molecule has 1 atom stereocenters. The van der Waals surface area contributed by atoms with Crippen molar-refractivity contribution in [3.63, 3.8) is 0 Å². The van der Waals surface area contributed by atoms with Gasteiger partial charge in [0.15, 0.2) is 5.82 Å². The molecule has 9 nitrogen and oxygen atoms in total. The molecule has 0 bridgehead atoms. The number of nitrogens with zero attached hydrogens (tertiary/aromatic N) is 5. The van der Waals surface area contributed by atoms with Crippen molar-refractivity contribution in [3.05, 3.63) is 23.9 Å². The van der Waals surface area contributed by atoms with E-state index in [4.69, 9.17) is 21.3 Å². The standard InChI is InChI=1S/C25H31ClN6O3/c1-4-18-24(34)30(2)20-14-27-25(29-23(20)32(18)16-7-5-6-8-16)28-17-11-15-9-10-31(22(33)13-26)19(15)12-21(17)35-3/h11-12,14,16,18H,4-10,13H2,1-3H3,(H,27,28,29)/t18-/m1/s1. The smallest absolute Gasteiger partial charge is 0.249 e. The van der Waals surface area contributed by atoms with Crippen LogP contribution in [0.15, 0.2) is 18.3 Å². The summed E-state index contributed by atoms with van der Waals surface area (Å²) in [6.45, 7) is 2.65. The van der Waals surface area contributed by atoms with E-state index in [2.05, 4.69) is 22.1 Å². The Labute approximate surface area is 210 Å². The third kappa shape index (κ3) is 4.05. The van der Waals surface area contributed by atoms with E-state index >= 15 is 0 Å². The number of anilines is 5. The summed E-state index contributed by atoms with van der Waals surface area (Å²) in [4.78, 5) is 40.4. The van der Waals surface area contributed by atoms with Gasteiger partial charge in [0.05, 0.1) is 24.7 Å². The average Bonchev–Trinajstić information content (AvgIpc) is 3.55. The molecule has 1 aromatic carbocycles. The Morgan fingerprint density at radius 2 is 2.03 bits per heavy atom. The number of amides is 2. The Kier molecular flexibility index (Phi) is 6.44. The minimum atomic E-state index is -0.224. The lowest BCUT2D eigenvalue weighted by Gasteiger charge is -2.43. The number of fused-ring (bicyclic) bond motifs is 2. The number of alkyl halides is 1. The fraction of sp³-hybridized carbons (Fsp3) is 0.520. The van der Waals surface area contributed by atoms with E-state index in [1.165, 1.54) is 12.8 Å². The first kappa shape index (κ1) is 23.7. The van der Waals surface area contributed by atoms with E-state index in [0.29, 0.717) is 24.3 Å². The van der Waals surface area contributed by atoms with Crippen molar-refractivity contribution in [2.24, 2.45) is 0 Å². The van der Waals surface area contributed by atoms with Gasteiger partial charge < -0.3 is 24.8 Å². The van der Waals surface area contributed by atoms with Crippen LogP contribution in [-0.2, 0) is 16.0 Å². The van der Waals surface area contributed by atoms with Crippen LogP contribution in [-0.4, -0.2) is 60.4 Å². The molecule has 0 radical (unpaired) electrons. The van der Waals surface area contributed by atoms with Crippen molar-refractivity contribution in [2.45, 2.75) is 57.5 Å². The molecule has 1 N–H and O–H groups in total. The molecule has 35 heavy (non-hydrogen) atoms. The summed E-state index contributed by atoms with van der Waals surface area (Å²) in [5, 5.41) is 3.32. The molecule has 2 aliphatic heterocycles. The fourth-order valence-electron chi connectivity index (χ4n) is 5.58. The third-order valence-corrected chi connectivity index (χ3v) is 7.60. The minimum Gasteiger partial charge on any atom is -0.494 e. The number of benzene rings is 1. The molecular formula is C25H31ClN6O3. The van der Waals surface area contributed by atoms with Gasteiger partial charge in [0.25, 0.3) is 0 Å². The van der Waals surface area contributed by atoms with E-state index in [9.17, 15) is 9.59 Å². The number of rotatable bonds is 6. The third-order valence-electron chi connectivity index (χ3n) is 7.37. The summed E-state index contributed by atoms with van der Waals surface area (Å²) in [6.07, 6.45) is 7.65. The van der Waals surface area contributed by atoms with Gasteiger partial charge in [0.1, 0.15) is 23.4 Å². The Morgan fingerprint density at radius 3 is 2.71 bits per heavy atom. The van der Waals surface area contributed by atoms with Crippen LogP contribution in [0.1, 0.15) is 44.6 Å². The van der Waals surface area contributed by atoms with Gasteiger partial charge in [-0.05, 0) is 37.3 Å². The van der Waals surface area contributed by atoms with Crippen LogP contribution in [0.25, 0.3) is 0 Å². The number of carbonyl (C=O) groups excluding carboxylic acids is 2. The Morgan fingerprint density at radius 1 is 1.26 bits per heavy atom. The number of hydrogen-bond donors (Lipinski definition) is 1. The Balaban J connectivity index is 1.51. The number of carbonyl (C=O) groups is 2. The molecule has 1 aromatic heterocycles. The molecule has 0 saturated heterocycles. The first-order valence-corrected chi connectivity index (χ1v) is 12.8. The number of methoxy groups -OCH3 is 1. The molecule has 3 aliphatic rings. The van der Waals surface area contributed by atoms with Crippen LogP contribution in [0.2, 0.25) is 0 Å². The van der Waals surface area contributed by atoms with Crippen LogP contribution >= 0.6 is 11.6 Å². The van der Waals surface area contributed by atoms with Crippen molar-refractivity contribution in [3.8, 4) is 5.75 Å². The Hall–Kier alpha value is -3.07. The maximum atomic E-state index is 13.1. The summed E-state index contributed by atoms with van der Waals surface area (Å²) in [6, 6.07) is 3.92. The highest BCUT2D eigenvalue weighted by molar-refractivity contribution is 6.29. The second kappa shape index (κ2) is 9.53. The van der Waals surface area contributed by atoms with E-state index in [0.717, 1.165) is 54.1 Å². The van der Waals surface area contributed by atoms with Gasteiger partial charge in [-0.1, -0.05) is 19.8 Å². The zero-order valence-corrected chi connectivity index (χ0v) is 21.1. The summed E-state index contributed by atoms with van der Waals surface area (Å²) >= 11 is 5.79. The molecule has 0 spiro atoms. The van der Waals surface area contributed by atoms with E-state index in [1.54, 1.807) is 30.2 Å². The molecule has 2 aromatic rings. The summed E-state index contributed by atoms with van der Waals surface area (Å²) in [7, 11) is 3.39. The summed E-state index contributed by atoms with van der Waals surface area (Å²) < 4.78 is 5.63. The van der Waals surface area contributed by atoms with E-state index in [-0.39, 0.29) is 23.7 Å². The van der Waals surface area contributed by atoms with Crippen molar-refractivity contribution in [2.75, 3.05) is 46.6 Å². The number of likely N-dealkylation sites (N-methyl/N-ethyl adjacent to an activating group) is 1. The van der Waals surface area contributed by atoms with Gasteiger partial charge in [-0.25, -0.2) is 4.98 Å². The van der Waals surface area contributed by atoms with E-state index in [1.807, 2.05) is 12.1 Å². The number of ether oxygens (including phenoxy) is 1. The van der Waals surface area contributed by atoms with Crippen LogP contribution in [0.4, 0.5) is 28.8 Å². The highest BCUT2D eigenvalue weighted by atomic mass is 35.5. The summed E-state index contributed by atoms with van der Waals surface area (Å²) in [5.74, 6) is 1.73. The number of hydrogen-bond acceptors (Lipinski definition) is 7. The van der Waals surface area contributed by atoms with Crippen LogP contribution in [0.5, 0.6) is 5.75 Å². The molecule has 5 rings (SSSR count). The Bertz CT molecular complexity index is 1150. The molecule has 1 saturated carbocycles. The summed E-state index contributed by atoms with van der Waals surface area (Å²) in [5.41, 5.74) is 3.32. The first-order chi connectivity index (χ1) is 17.0. The number of nitrogens with one attached hydrogen (secondary N) is 1. The van der Waals surface area contributed by atoms with Gasteiger partial charge in [-0.2, -0.15) is 4.98 Å². The zero-order valence-electron chi connectivity index (χ0n) is 20.4. The lowest BCUT2D eigenvalue weighted by Crippen LogP contribution is -2.55. The number of aromatic nitrogens is 2. The highest BCUT2D eigenvalue weighted by Crippen LogP contribution is 2.41. The van der Waals surface area contributed by atoms with Gasteiger partial charge in [-0.15, -0.1) is 11.6 Å². The zero-order chi connectivity index (χ0) is 24.7. The maximum absolute atomic E-state index is 13.1. The van der Waals surface area contributed by atoms with Crippen molar-refractivity contribution in [1.29, 1.82) is 0 Å². The van der Waals surface area contributed by atoms with Crippen LogP contribution in [0.3, 0.4) is 0 Å². The monoisotopic (exact) mass is 498 g/mol. The molecule has 10 heteroatoms. The highest BCUT2D eigenvalue weighted by Gasteiger charge is 2.41. The second-order valence-electron chi connectivity index (χ2n) is 9.30. The molecule has 0 unspecified atom stereocenters. The molecule has 2 amide bonds. The molecule has 1 aliphatic carbocycles. The predicted molar refractivity (Wildman–Crippen MR) is 137 cm³/mol. The van der Waals surface area contributed by atoms with E-state index < -0.39 is 0 Å². The van der Waals surface area contributed by atoms with Gasteiger partial charge >= 0.3 is 0 Å². The topological polar surface area (TPSA) is 90.9 Å². The number of halogens is 1. The fourth-order valence-corrected chi connectivity index (χ4v) is 5.72. The molecular weight excluding hydrogens is 468 g/mol. The van der Waals surface area contributed by atoms with Gasteiger partial charge in [0, 0.05) is 25.7 Å².